The monoisotopic (exact) mass is 323 g/mol. The summed E-state index contributed by atoms with van der Waals surface area (Å²) in [6.07, 6.45) is 4.58. The van der Waals surface area contributed by atoms with Crippen molar-refractivity contribution >= 4 is 11.0 Å². The zero-order valence-electron chi connectivity index (χ0n) is 14.7. The van der Waals surface area contributed by atoms with E-state index in [1.165, 1.54) is 30.8 Å². The first-order valence-electron chi connectivity index (χ1n) is 8.74. The van der Waals surface area contributed by atoms with Crippen molar-refractivity contribution in [1.82, 2.24) is 24.2 Å². The van der Waals surface area contributed by atoms with Gasteiger partial charge in [0.1, 0.15) is 0 Å². The summed E-state index contributed by atoms with van der Waals surface area (Å²) in [5.41, 5.74) is 4.65. The Morgan fingerprint density at radius 3 is 2.88 bits per heavy atom. The van der Waals surface area contributed by atoms with Crippen LogP contribution in [0.5, 0.6) is 0 Å². The smallest absolute Gasteiger partial charge is 0.158 e. The highest BCUT2D eigenvalue weighted by molar-refractivity contribution is 5.78. The molecule has 0 spiro atoms. The molecular formula is C19H25N5. The van der Waals surface area contributed by atoms with Gasteiger partial charge in [0.2, 0.25) is 0 Å². The molecule has 0 saturated carbocycles. The lowest BCUT2D eigenvalue weighted by Gasteiger charge is -2.32. The van der Waals surface area contributed by atoms with E-state index in [9.17, 15) is 0 Å². The molecular weight excluding hydrogens is 298 g/mol. The maximum atomic E-state index is 4.94. The SMILES string of the molecule is Cc1nn(C)c2nc(C3CCCN(Cc4cccn4C)C3)ccc12. The molecule has 0 amide bonds. The quantitative estimate of drug-likeness (QED) is 0.744. The Labute approximate surface area is 142 Å². The molecule has 0 N–H and O–H groups in total. The normalized spacial score (nSPS) is 19.2. The Balaban J connectivity index is 1.55. The summed E-state index contributed by atoms with van der Waals surface area (Å²) in [6, 6.07) is 8.73. The lowest BCUT2D eigenvalue weighted by Crippen LogP contribution is -2.34. The Morgan fingerprint density at radius 1 is 1.21 bits per heavy atom. The van der Waals surface area contributed by atoms with Crippen molar-refractivity contribution in [2.24, 2.45) is 14.1 Å². The molecule has 3 aromatic heterocycles. The molecule has 1 atom stereocenters. The number of aryl methyl sites for hydroxylation is 3. The van der Waals surface area contributed by atoms with Crippen LogP contribution in [-0.2, 0) is 20.6 Å². The van der Waals surface area contributed by atoms with Crippen molar-refractivity contribution in [3.63, 3.8) is 0 Å². The van der Waals surface area contributed by atoms with Crippen molar-refractivity contribution in [3.8, 4) is 0 Å². The topological polar surface area (TPSA) is 38.9 Å². The molecule has 5 nitrogen and oxygen atoms in total. The number of aromatic nitrogens is 4. The van der Waals surface area contributed by atoms with Crippen LogP contribution in [0.3, 0.4) is 0 Å². The largest absolute Gasteiger partial charge is 0.353 e. The van der Waals surface area contributed by atoms with E-state index in [1.54, 1.807) is 0 Å². The van der Waals surface area contributed by atoms with Gasteiger partial charge in [-0.05, 0) is 50.6 Å². The molecule has 1 unspecified atom stereocenters. The van der Waals surface area contributed by atoms with Gasteiger partial charge in [0, 0.05) is 56.1 Å². The summed E-state index contributed by atoms with van der Waals surface area (Å²) in [7, 11) is 4.10. The van der Waals surface area contributed by atoms with Gasteiger partial charge in [0.25, 0.3) is 0 Å². The number of fused-ring (bicyclic) bond motifs is 1. The number of rotatable bonds is 3. The van der Waals surface area contributed by atoms with Gasteiger partial charge in [-0.1, -0.05) is 0 Å². The lowest BCUT2D eigenvalue weighted by molar-refractivity contribution is 0.195. The van der Waals surface area contributed by atoms with Gasteiger partial charge in [-0.3, -0.25) is 9.58 Å². The second-order valence-corrected chi connectivity index (χ2v) is 7.00. The second-order valence-electron chi connectivity index (χ2n) is 7.00. The second kappa shape index (κ2) is 6.06. The number of piperidine rings is 1. The fourth-order valence-corrected chi connectivity index (χ4v) is 3.88. The highest BCUT2D eigenvalue weighted by Crippen LogP contribution is 2.28. The predicted octanol–water partition coefficient (Wildman–Crippen LogP) is 2.99. The van der Waals surface area contributed by atoms with Crippen LogP contribution >= 0.6 is 0 Å². The standard InChI is InChI=1S/C19H25N5/c1-14-17-8-9-18(20-19(17)23(3)21-14)15-6-4-11-24(12-15)13-16-7-5-10-22(16)2/h5,7-10,15H,4,6,11-13H2,1-3H3. The van der Waals surface area contributed by atoms with Gasteiger partial charge < -0.3 is 4.57 Å². The van der Waals surface area contributed by atoms with Crippen LogP contribution in [0.15, 0.2) is 30.5 Å². The molecule has 4 rings (SSSR count). The van der Waals surface area contributed by atoms with E-state index >= 15 is 0 Å². The molecule has 0 aliphatic carbocycles. The van der Waals surface area contributed by atoms with Gasteiger partial charge in [-0.25, -0.2) is 4.98 Å². The van der Waals surface area contributed by atoms with Gasteiger partial charge in [-0.2, -0.15) is 5.10 Å². The first kappa shape index (κ1) is 15.4. The molecule has 1 aliphatic rings. The van der Waals surface area contributed by atoms with Crippen LogP contribution in [0.4, 0.5) is 0 Å². The van der Waals surface area contributed by atoms with Gasteiger partial charge >= 0.3 is 0 Å². The lowest BCUT2D eigenvalue weighted by atomic mass is 9.94. The van der Waals surface area contributed by atoms with Crippen LogP contribution in [-0.4, -0.2) is 37.3 Å². The zero-order valence-corrected chi connectivity index (χ0v) is 14.7. The van der Waals surface area contributed by atoms with Gasteiger partial charge in [-0.15, -0.1) is 0 Å². The van der Waals surface area contributed by atoms with E-state index < -0.39 is 0 Å². The highest BCUT2D eigenvalue weighted by atomic mass is 15.3. The summed E-state index contributed by atoms with van der Waals surface area (Å²) < 4.78 is 4.12. The Hall–Kier alpha value is -2.14. The van der Waals surface area contributed by atoms with Crippen LogP contribution < -0.4 is 0 Å². The average molecular weight is 323 g/mol. The highest BCUT2D eigenvalue weighted by Gasteiger charge is 2.23. The van der Waals surface area contributed by atoms with Gasteiger partial charge in [0.05, 0.1) is 5.69 Å². The first-order valence-corrected chi connectivity index (χ1v) is 8.74. The summed E-state index contributed by atoms with van der Waals surface area (Å²) in [5.74, 6) is 0.513. The molecule has 0 aromatic carbocycles. The predicted molar refractivity (Wildman–Crippen MR) is 95.9 cm³/mol. The van der Waals surface area contributed by atoms with Crippen LogP contribution in [0.1, 0.15) is 35.8 Å². The first-order chi connectivity index (χ1) is 11.6. The van der Waals surface area contributed by atoms with E-state index in [-0.39, 0.29) is 0 Å². The Morgan fingerprint density at radius 2 is 2.08 bits per heavy atom. The fraction of sp³-hybridized carbons (Fsp3) is 0.474. The van der Waals surface area contributed by atoms with Crippen molar-refractivity contribution in [2.45, 2.75) is 32.2 Å². The molecule has 1 saturated heterocycles. The van der Waals surface area contributed by atoms with Crippen LogP contribution in [0.25, 0.3) is 11.0 Å². The average Bonchev–Trinajstić information content (AvgIpc) is 3.11. The summed E-state index contributed by atoms with van der Waals surface area (Å²) in [4.78, 5) is 7.50. The maximum Gasteiger partial charge on any atom is 0.158 e. The summed E-state index contributed by atoms with van der Waals surface area (Å²) in [6.45, 7) is 5.33. The molecule has 3 aromatic rings. The van der Waals surface area contributed by atoms with Crippen molar-refractivity contribution in [3.05, 3.63) is 47.5 Å². The molecule has 0 radical (unpaired) electrons. The maximum absolute atomic E-state index is 4.94. The number of likely N-dealkylation sites (tertiary alicyclic amines) is 1. The third-order valence-corrected chi connectivity index (χ3v) is 5.25. The van der Waals surface area contributed by atoms with Crippen molar-refractivity contribution in [1.29, 1.82) is 0 Å². The zero-order chi connectivity index (χ0) is 16.7. The van der Waals surface area contributed by atoms with Crippen molar-refractivity contribution < 1.29 is 0 Å². The summed E-state index contributed by atoms with van der Waals surface area (Å²) in [5, 5.41) is 5.66. The minimum atomic E-state index is 0.513. The fourth-order valence-electron chi connectivity index (χ4n) is 3.88. The van der Waals surface area contributed by atoms with E-state index in [0.717, 1.165) is 29.8 Å². The number of pyridine rings is 1. The molecule has 4 heterocycles. The molecule has 126 valence electrons. The van der Waals surface area contributed by atoms with E-state index in [0.29, 0.717) is 5.92 Å². The molecule has 1 fully saturated rings. The minimum absolute atomic E-state index is 0.513. The number of nitrogens with zero attached hydrogens (tertiary/aromatic N) is 5. The van der Waals surface area contributed by atoms with E-state index in [1.807, 2.05) is 18.7 Å². The molecule has 24 heavy (non-hydrogen) atoms. The molecule has 1 aliphatic heterocycles. The van der Waals surface area contributed by atoms with Crippen molar-refractivity contribution in [2.75, 3.05) is 13.1 Å². The number of hydrogen-bond acceptors (Lipinski definition) is 3. The van der Waals surface area contributed by atoms with Crippen LogP contribution in [0.2, 0.25) is 0 Å². The molecule has 0 bridgehead atoms. The minimum Gasteiger partial charge on any atom is -0.353 e. The molecule has 5 heteroatoms. The Kier molecular flexibility index (Phi) is 3.88. The van der Waals surface area contributed by atoms with Gasteiger partial charge in [0.15, 0.2) is 5.65 Å². The third kappa shape index (κ3) is 2.73. The third-order valence-electron chi connectivity index (χ3n) is 5.25. The van der Waals surface area contributed by atoms with E-state index in [2.05, 4.69) is 52.1 Å². The van der Waals surface area contributed by atoms with Crippen LogP contribution in [0, 0.1) is 6.92 Å². The summed E-state index contributed by atoms with van der Waals surface area (Å²) >= 11 is 0. The number of hydrogen-bond donors (Lipinski definition) is 0. The van der Waals surface area contributed by atoms with E-state index in [4.69, 9.17) is 4.98 Å². The Bertz CT molecular complexity index is 860.